The van der Waals surface area contributed by atoms with Crippen molar-refractivity contribution in [1.82, 2.24) is 20.5 Å². The number of rotatable bonds is 6. The maximum absolute atomic E-state index is 11.9. The van der Waals surface area contributed by atoms with E-state index in [0.717, 1.165) is 30.1 Å². The number of nitrogens with one attached hydrogen (secondary N) is 2. The van der Waals surface area contributed by atoms with Gasteiger partial charge in [0, 0.05) is 36.9 Å². The van der Waals surface area contributed by atoms with Gasteiger partial charge in [0.05, 0.1) is 12.2 Å². The molecule has 2 heterocycles. The van der Waals surface area contributed by atoms with Gasteiger partial charge in [-0.25, -0.2) is 9.78 Å². The first kappa shape index (κ1) is 16.2. The molecular weight excluding hydrogens is 312 g/mol. The van der Waals surface area contributed by atoms with Crippen LogP contribution >= 0.6 is 11.3 Å². The van der Waals surface area contributed by atoms with Crippen molar-refractivity contribution < 1.29 is 9.59 Å². The van der Waals surface area contributed by atoms with Gasteiger partial charge >= 0.3 is 6.03 Å². The van der Waals surface area contributed by atoms with Crippen LogP contribution in [0.5, 0.6) is 0 Å². The van der Waals surface area contributed by atoms with Crippen molar-refractivity contribution in [3.63, 3.8) is 0 Å². The van der Waals surface area contributed by atoms with E-state index in [1.54, 1.807) is 11.3 Å². The highest BCUT2D eigenvalue weighted by molar-refractivity contribution is 7.09. The van der Waals surface area contributed by atoms with E-state index in [9.17, 15) is 9.59 Å². The molecule has 1 aromatic rings. The number of thiazole rings is 1. The molecule has 6 nitrogen and oxygen atoms in total. The van der Waals surface area contributed by atoms with Crippen LogP contribution in [0.15, 0.2) is 5.38 Å². The van der Waals surface area contributed by atoms with Crippen LogP contribution in [0, 0.1) is 5.92 Å². The Morgan fingerprint density at radius 1 is 1.43 bits per heavy atom. The Labute approximate surface area is 140 Å². The monoisotopic (exact) mass is 336 g/mol. The van der Waals surface area contributed by atoms with E-state index in [0.29, 0.717) is 31.5 Å². The second-order valence-electron chi connectivity index (χ2n) is 6.73. The molecule has 1 aromatic heterocycles. The molecule has 0 spiro atoms. The number of hydrogen-bond donors (Lipinski definition) is 2. The summed E-state index contributed by atoms with van der Waals surface area (Å²) >= 11 is 1.57. The zero-order valence-corrected chi connectivity index (χ0v) is 14.5. The molecule has 1 saturated heterocycles. The van der Waals surface area contributed by atoms with Crippen LogP contribution in [-0.2, 0) is 11.3 Å². The first-order valence-corrected chi connectivity index (χ1v) is 9.16. The van der Waals surface area contributed by atoms with Gasteiger partial charge in [-0.1, -0.05) is 13.8 Å². The highest BCUT2D eigenvalue weighted by Gasteiger charge is 2.39. The zero-order chi connectivity index (χ0) is 16.4. The van der Waals surface area contributed by atoms with Crippen LogP contribution in [0.1, 0.15) is 49.7 Å². The summed E-state index contributed by atoms with van der Waals surface area (Å²) in [5, 5.41) is 8.66. The fourth-order valence-corrected chi connectivity index (χ4v) is 3.71. The second-order valence-corrected chi connectivity index (χ2v) is 7.67. The maximum atomic E-state index is 11.9. The Balaban J connectivity index is 1.37. The molecule has 0 radical (unpaired) electrons. The number of hydrogen-bond acceptors (Lipinski definition) is 4. The molecule has 1 aliphatic carbocycles. The smallest absolute Gasteiger partial charge is 0.315 e. The van der Waals surface area contributed by atoms with Crippen LogP contribution in [0.4, 0.5) is 4.79 Å². The molecule has 0 bridgehead atoms. The molecule has 0 unspecified atom stereocenters. The minimum Gasteiger partial charge on any atom is -0.339 e. The van der Waals surface area contributed by atoms with E-state index in [1.807, 2.05) is 10.3 Å². The number of nitrogens with zero attached hydrogens (tertiary/aromatic N) is 2. The largest absolute Gasteiger partial charge is 0.339 e. The minimum atomic E-state index is -0.191. The first-order valence-electron chi connectivity index (χ1n) is 8.28. The topological polar surface area (TPSA) is 74.3 Å². The van der Waals surface area contributed by atoms with Gasteiger partial charge < -0.3 is 15.5 Å². The molecule has 2 aliphatic rings. The van der Waals surface area contributed by atoms with E-state index in [-0.39, 0.29) is 17.9 Å². The molecule has 2 fully saturated rings. The van der Waals surface area contributed by atoms with E-state index in [4.69, 9.17) is 0 Å². The highest BCUT2D eigenvalue weighted by atomic mass is 32.1. The lowest BCUT2D eigenvalue weighted by molar-refractivity contribution is -0.128. The van der Waals surface area contributed by atoms with Gasteiger partial charge in [-0.3, -0.25) is 4.79 Å². The Morgan fingerprint density at radius 3 is 2.87 bits per heavy atom. The SMILES string of the molecule is CC(C)c1csc(CNC(=O)NC[C@@H]2CC(=O)N(C3CC3)C2)n1. The number of urea groups is 1. The van der Waals surface area contributed by atoms with Crippen LogP contribution in [0.3, 0.4) is 0 Å². The molecule has 1 aliphatic heterocycles. The molecule has 0 aromatic carbocycles. The zero-order valence-electron chi connectivity index (χ0n) is 13.7. The van der Waals surface area contributed by atoms with Gasteiger partial charge in [0.25, 0.3) is 0 Å². The molecule has 1 atom stereocenters. The van der Waals surface area contributed by atoms with Crippen molar-refractivity contribution in [2.75, 3.05) is 13.1 Å². The summed E-state index contributed by atoms with van der Waals surface area (Å²) in [7, 11) is 0. The van der Waals surface area contributed by atoms with Crippen molar-refractivity contribution in [1.29, 1.82) is 0 Å². The molecular formula is C16H24N4O2S. The standard InChI is InChI=1S/C16H24N4O2S/c1-10(2)13-9-23-14(19-13)7-18-16(22)17-6-11-5-15(21)20(8-11)12-3-4-12/h9-12H,3-8H2,1-2H3,(H2,17,18,22)/t11-/m0/s1. The Kier molecular flexibility index (Phi) is 4.84. The Morgan fingerprint density at radius 2 is 2.22 bits per heavy atom. The van der Waals surface area contributed by atoms with Crippen molar-refractivity contribution in [2.45, 2.75) is 51.6 Å². The predicted molar refractivity (Wildman–Crippen MR) is 89.3 cm³/mol. The van der Waals surface area contributed by atoms with E-state index in [2.05, 4.69) is 29.5 Å². The predicted octanol–water partition coefficient (Wildman–Crippen LogP) is 2.08. The summed E-state index contributed by atoms with van der Waals surface area (Å²) in [4.78, 5) is 30.2. The average Bonchev–Trinajstić information content (AvgIpc) is 3.11. The molecule has 126 valence electrons. The molecule has 1 saturated carbocycles. The van der Waals surface area contributed by atoms with Crippen LogP contribution in [0.25, 0.3) is 0 Å². The van der Waals surface area contributed by atoms with Crippen LogP contribution in [-0.4, -0.2) is 41.0 Å². The number of carbonyl (C=O) groups is 2. The average molecular weight is 336 g/mol. The van der Waals surface area contributed by atoms with Gasteiger partial charge in [-0.05, 0) is 18.8 Å². The fraction of sp³-hybridized carbons (Fsp3) is 0.688. The number of amides is 3. The first-order chi connectivity index (χ1) is 11.0. The molecule has 2 N–H and O–H groups in total. The third kappa shape index (κ3) is 4.22. The summed E-state index contributed by atoms with van der Waals surface area (Å²) < 4.78 is 0. The van der Waals surface area contributed by atoms with E-state index >= 15 is 0 Å². The number of likely N-dealkylation sites (tertiary alicyclic amines) is 1. The van der Waals surface area contributed by atoms with Gasteiger partial charge in [0.15, 0.2) is 0 Å². The minimum absolute atomic E-state index is 0.191. The van der Waals surface area contributed by atoms with Gasteiger partial charge in [-0.15, -0.1) is 11.3 Å². The molecule has 7 heteroatoms. The lowest BCUT2D eigenvalue weighted by Gasteiger charge is -2.15. The van der Waals surface area contributed by atoms with Crippen molar-refractivity contribution in [3.05, 3.63) is 16.1 Å². The van der Waals surface area contributed by atoms with Crippen LogP contribution in [0.2, 0.25) is 0 Å². The molecule has 3 rings (SSSR count). The third-order valence-electron chi connectivity index (χ3n) is 4.34. The Bertz CT molecular complexity index is 582. The van der Waals surface area contributed by atoms with Crippen LogP contribution < -0.4 is 10.6 Å². The Hall–Kier alpha value is -1.63. The van der Waals surface area contributed by atoms with Crippen molar-refractivity contribution >= 4 is 23.3 Å². The van der Waals surface area contributed by atoms with Gasteiger partial charge in [-0.2, -0.15) is 0 Å². The summed E-state index contributed by atoms with van der Waals surface area (Å²) in [6.07, 6.45) is 2.83. The van der Waals surface area contributed by atoms with Crippen molar-refractivity contribution in [3.8, 4) is 0 Å². The molecule has 3 amide bonds. The summed E-state index contributed by atoms with van der Waals surface area (Å²) in [5.41, 5.74) is 1.07. The van der Waals surface area contributed by atoms with E-state index < -0.39 is 0 Å². The highest BCUT2D eigenvalue weighted by Crippen LogP contribution is 2.32. The normalized spacial score (nSPS) is 21.1. The van der Waals surface area contributed by atoms with Crippen molar-refractivity contribution in [2.24, 2.45) is 5.92 Å². The maximum Gasteiger partial charge on any atom is 0.315 e. The lowest BCUT2D eigenvalue weighted by Crippen LogP contribution is -2.38. The van der Waals surface area contributed by atoms with Gasteiger partial charge in [0.2, 0.25) is 5.91 Å². The summed E-state index contributed by atoms with van der Waals surface area (Å²) in [5.74, 6) is 0.883. The quantitative estimate of drug-likeness (QED) is 0.835. The van der Waals surface area contributed by atoms with E-state index in [1.165, 1.54) is 0 Å². The lowest BCUT2D eigenvalue weighted by atomic mass is 10.1. The summed E-state index contributed by atoms with van der Waals surface area (Å²) in [6, 6.07) is 0.282. The fourth-order valence-electron chi connectivity index (χ4n) is 2.81. The molecule has 23 heavy (non-hydrogen) atoms. The summed E-state index contributed by atoms with van der Waals surface area (Å²) in [6.45, 7) is 5.99. The number of aromatic nitrogens is 1. The van der Waals surface area contributed by atoms with Gasteiger partial charge in [0.1, 0.15) is 5.01 Å². The number of carbonyl (C=O) groups excluding carboxylic acids is 2. The second kappa shape index (κ2) is 6.86. The third-order valence-corrected chi connectivity index (χ3v) is 5.21.